The van der Waals surface area contributed by atoms with Gasteiger partial charge in [-0.1, -0.05) is 18.2 Å². The maximum atomic E-state index is 14.1. The number of benzene rings is 3. The zero-order chi connectivity index (χ0) is 19.9. The van der Waals surface area contributed by atoms with Crippen molar-refractivity contribution in [3.8, 4) is 22.6 Å². The van der Waals surface area contributed by atoms with E-state index in [9.17, 15) is 17.2 Å². The zero-order valence-electron chi connectivity index (χ0n) is 14.7. The van der Waals surface area contributed by atoms with E-state index in [4.69, 9.17) is 9.47 Å². The van der Waals surface area contributed by atoms with Gasteiger partial charge >= 0.3 is 0 Å². The third-order valence-corrected chi connectivity index (χ3v) is 5.78. The molecule has 0 radical (unpaired) electrons. The van der Waals surface area contributed by atoms with Crippen LogP contribution in [0.1, 0.15) is 5.56 Å². The standard InChI is InChI=1S/C20H15F2NO4S/c1-12-16(21)7-13(8-17(12)22)15-9-19-20(27-11-26-19)10-18(15)23-28(24,25)14-5-3-2-4-6-14/h2-10,23H,11H2,1H3. The minimum Gasteiger partial charge on any atom is -0.454 e. The van der Waals surface area contributed by atoms with Crippen molar-refractivity contribution in [1.29, 1.82) is 0 Å². The SMILES string of the molecule is Cc1c(F)cc(-c2cc3c(cc2NS(=O)(=O)c2ccccc2)OCO3)cc1F. The second-order valence-electron chi connectivity index (χ2n) is 6.23. The van der Waals surface area contributed by atoms with E-state index >= 15 is 0 Å². The summed E-state index contributed by atoms with van der Waals surface area (Å²) in [6.07, 6.45) is 0. The smallest absolute Gasteiger partial charge is 0.261 e. The summed E-state index contributed by atoms with van der Waals surface area (Å²) < 4.78 is 66.8. The Morgan fingerprint density at radius 2 is 1.54 bits per heavy atom. The van der Waals surface area contributed by atoms with E-state index in [0.717, 1.165) is 12.1 Å². The van der Waals surface area contributed by atoms with Crippen molar-refractivity contribution in [1.82, 2.24) is 0 Å². The molecule has 0 bridgehead atoms. The summed E-state index contributed by atoms with van der Waals surface area (Å²) in [5.74, 6) is -0.768. The number of ether oxygens (including phenoxy) is 2. The Bertz CT molecular complexity index is 1140. The lowest BCUT2D eigenvalue weighted by Gasteiger charge is -2.15. The average Bonchev–Trinajstić information content (AvgIpc) is 3.13. The van der Waals surface area contributed by atoms with E-state index in [1.807, 2.05) is 0 Å². The predicted octanol–water partition coefficient (Wildman–Crippen LogP) is 4.47. The van der Waals surface area contributed by atoms with Crippen molar-refractivity contribution in [3.63, 3.8) is 0 Å². The Morgan fingerprint density at radius 1 is 0.929 bits per heavy atom. The number of nitrogens with one attached hydrogen (secondary N) is 1. The Balaban J connectivity index is 1.86. The van der Waals surface area contributed by atoms with Gasteiger partial charge in [0, 0.05) is 17.2 Å². The molecule has 0 spiro atoms. The van der Waals surface area contributed by atoms with Crippen molar-refractivity contribution >= 4 is 15.7 Å². The fraction of sp³-hybridized carbons (Fsp3) is 0.100. The third-order valence-electron chi connectivity index (χ3n) is 4.40. The lowest BCUT2D eigenvalue weighted by molar-refractivity contribution is 0.174. The topological polar surface area (TPSA) is 64.6 Å². The van der Waals surface area contributed by atoms with Crippen LogP contribution >= 0.6 is 0 Å². The lowest BCUT2D eigenvalue weighted by Crippen LogP contribution is -2.13. The van der Waals surface area contributed by atoms with Crippen LogP contribution in [-0.4, -0.2) is 15.2 Å². The molecule has 0 saturated carbocycles. The van der Waals surface area contributed by atoms with Gasteiger partial charge in [-0.15, -0.1) is 0 Å². The second kappa shape index (κ2) is 6.79. The third kappa shape index (κ3) is 3.27. The quantitative estimate of drug-likeness (QED) is 0.698. The van der Waals surface area contributed by atoms with Crippen LogP contribution in [0.15, 0.2) is 59.5 Å². The number of rotatable bonds is 4. The van der Waals surface area contributed by atoms with Crippen molar-refractivity contribution in [3.05, 3.63) is 71.8 Å². The van der Waals surface area contributed by atoms with Crippen molar-refractivity contribution < 1.29 is 26.7 Å². The van der Waals surface area contributed by atoms with Gasteiger partial charge in [-0.2, -0.15) is 0 Å². The highest BCUT2D eigenvalue weighted by atomic mass is 32.2. The van der Waals surface area contributed by atoms with Crippen LogP contribution in [0.2, 0.25) is 0 Å². The van der Waals surface area contributed by atoms with E-state index in [-0.39, 0.29) is 34.1 Å². The van der Waals surface area contributed by atoms with Gasteiger partial charge in [-0.05, 0) is 42.8 Å². The van der Waals surface area contributed by atoms with Gasteiger partial charge in [0.1, 0.15) is 11.6 Å². The summed E-state index contributed by atoms with van der Waals surface area (Å²) in [5.41, 5.74) is 0.442. The molecule has 8 heteroatoms. The van der Waals surface area contributed by atoms with E-state index in [1.165, 1.54) is 31.2 Å². The monoisotopic (exact) mass is 403 g/mol. The molecule has 1 heterocycles. The average molecular weight is 403 g/mol. The van der Waals surface area contributed by atoms with Gasteiger partial charge in [-0.3, -0.25) is 4.72 Å². The van der Waals surface area contributed by atoms with Gasteiger partial charge in [0.15, 0.2) is 11.5 Å². The first-order valence-electron chi connectivity index (χ1n) is 8.33. The Morgan fingerprint density at radius 3 is 2.18 bits per heavy atom. The van der Waals surface area contributed by atoms with Crippen LogP contribution < -0.4 is 14.2 Å². The van der Waals surface area contributed by atoms with Gasteiger partial charge in [0.2, 0.25) is 6.79 Å². The number of fused-ring (bicyclic) bond motifs is 1. The molecule has 0 amide bonds. The molecule has 144 valence electrons. The first-order valence-corrected chi connectivity index (χ1v) is 9.81. The normalized spacial score (nSPS) is 12.8. The van der Waals surface area contributed by atoms with Crippen molar-refractivity contribution in [2.45, 2.75) is 11.8 Å². The van der Waals surface area contributed by atoms with Crippen molar-refractivity contribution in [2.75, 3.05) is 11.5 Å². The molecule has 0 fully saturated rings. The molecule has 1 N–H and O–H groups in total. The molecule has 1 aliphatic rings. The van der Waals surface area contributed by atoms with Gasteiger partial charge in [-0.25, -0.2) is 17.2 Å². The first-order chi connectivity index (χ1) is 13.3. The predicted molar refractivity (Wildman–Crippen MR) is 99.9 cm³/mol. The molecule has 28 heavy (non-hydrogen) atoms. The largest absolute Gasteiger partial charge is 0.454 e. The molecule has 3 aromatic rings. The maximum absolute atomic E-state index is 14.1. The molecule has 3 aromatic carbocycles. The number of anilines is 1. The van der Waals surface area contributed by atoms with Gasteiger partial charge in [0.25, 0.3) is 10.0 Å². The van der Waals surface area contributed by atoms with Gasteiger partial charge in [0.05, 0.1) is 10.6 Å². The minimum atomic E-state index is -3.92. The van der Waals surface area contributed by atoms with Crippen LogP contribution in [0.4, 0.5) is 14.5 Å². The van der Waals surface area contributed by atoms with Crippen molar-refractivity contribution in [2.24, 2.45) is 0 Å². The molecule has 5 nitrogen and oxygen atoms in total. The van der Waals surface area contributed by atoms with Gasteiger partial charge < -0.3 is 9.47 Å². The molecule has 1 aliphatic heterocycles. The minimum absolute atomic E-state index is 0.0275. The molecule has 0 unspecified atom stereocenters. The van der Waals surface area contributed by atoms with E-state index in [1.54, 1.807) is 18.2 Å². The van der Waals surface area contributed by atoms with Crippen LogP contribution in [-0.2, 0) is 10.0 Å². The molecule has 0 saturated heterocycles. The maximum Gasteiger partial charge on any atom is 0.261 e. The molecular weight excluding hydrogens is 388 g/mol. The second-order valence-corrected chi connectivity index (χ2v) is 7.92. The summed E-state index contributed by atoms with van der Waals surface area (Å²) in [4.78, 5) is 0.0554. The van der Waals surface area contributed by atoms with Crippen LogP contribution in [0.25, 0.3) is 11.1 Å². The fourth-order valence-electron chi connectivity index (χ4n) is 2.87. The Labute approximate surface area is 160 Å². The number of sulfonamides is 1. The highest BCUT2D eigenvalue weighted by molar-refractivity contribution is 7.92. The van der Waals surface area contributed by atoms with E-state index in [0.29, 0.717) is 11.5 Å². The summed E-state index contributed by atoms with van der Waals surface area (Å²) in [6, 6.07) is 13.0. The molecule has 0 aliphatic carbocycles. The summed E-state index contributed by atoms with van der Waals surface area (Å²) >= 11 is 0. The lowest BCUT2D eigenvalue weighted by atomic mass is 10.0. The van der Waals surface area contributed by atoms with E-state index < -0.39 is 21.7 Å². The molecule has 0 aromatic heterocycles. The Hall–Kier alpha value is -3.13. The zero-order valence-corrected chi connectivity index (χ0v) is 15.5. The Kier molecular flexibility index (Phi) is 4.43. The highest BCUT2D eigenvalue weighted by Crippen LogP contribution is 2.42. The number of halogens is 2. The van der Waals surface area contributed by atoms with E-state index in [2.05, 4.69) is 4.72 Å². The summed E-state index contributed by atoms with van der Waals surface area (Å²) in [5, 5.41) is 0. The van der Waals surface area contributed by atoms with Crippen LogP contribution in [0.5, 0.6) is 11.5 Å². The first kappa shape index (κ1) is 18.2. The van der Waals surface area contributed by atoms with Crippen LogP contribution in [0.3, 0.4) is 0 Å². The van der Waals surface area contributed by atoms with Crippen LogP contribution in [0, 0.1) is 18.6 Å². The number of hydrogen-bond acceptors (Lipinski definition) is 4. The molecular formula is C20H15F2NO4S. The summed E-state index contributed by atoms with van der Waals surface area (Å²) in [6.45, 7) is 1.30. The molecule has 4 rings (SSSR count). The molecule has 0 atom stereocenters. The number of hydrogen-bond donors (Lipinski definition) is 1. The summed E-state index contributed by atoms with van der Waals surface area (Å²) in [7, 11) is -3.92. The highest BCUT2D eigenvalue weighted by Gasteiger charge is 2.23. The fourth-order valence-corrected chi connectivity index (χ4v) is 3.96.